The minimum atomic E-state index is 0.102. The van der Waals surface area contributed by atoms with E-state index in [9.17, 15) is 4.79 Å². The summed E-state index contributed by atoms with van der Waals surface area (Å²) in [6.45, 7) is 3.35. The molecule has 20 heavy (non-hydrogen) atoms. The van der Waals surface area contributed by atoms with Crippen LogP contribution >= 0.6 is 0 Å². The van der Waals surface area contributed by atoms with Crippen LogP contribution in [0.1, 0.15) is 44.6 Å². The van der Waals surface area contributed by atoms with E-state index >= 15 is 0 Å². The van der Waals surface area contributed by atoms with Gasteiger partial charge in [-0.3, -0.25) is 4.79 Å². The molecule has 1 N–H and O–H groups in total. The number of carbonyl (C=O) groups is 1. The Morgan fingerprint density at radius 2 is 2.05 bits per heavy atom. The van der Waals surface area contributed by atoms with Crippen molar-refractivity contribution in [1.82, 2.24) is 4.90 Å². The molecule has 1 aliphatic carbocycles. The summed E-state index contributed by atoms with van der Waals surface area (Å²) in [5.41, 5.74) is 2.35. The summed E-state index contributed by atoms with van der Waals surface area (Å²) >= 11 is 0. The second kappa shape index (κ2) is 7.32. The minimum Gasteiger partial charge on any atom is -0.385 e. The molecule has 0 aliphatic heterocycles. The molecule has 0 atom stereocenters. The van der Waals surface area contributed by atoms with Gasteiger partial charge in [0.15, 0.2) is 0 Å². The topological polar surface area (TPSA) is 32.3 Å². The van der Waals surface area contributed by atoms with Crippen molar-refractivity contribution in [3.05, 3.63) is 29.8 Å². The Morgan fingerprint density at radius 1 is 1.30 bits per heavy atom. The number of benzene rings is 1. The molecule has 0 bridgehead atoms. The summed E-state index contributed by atoms with van der Waals surface area (Å²) in [5.74, 6) is 0.929. The molecule has 0 saturated heterocycles. The zero-order chi connectivity index (χ0) is 14.4. The number of anilines is 1. The van der Waals surface area contributed by atoms with Crippen LogP contribution in [-0.4, -0.2) is 24.4 Å². The van der Waals surface area contributed by atoms with E-state index in [2.05, 4.69) is 29.6 Å². The highest BCUT2D eigenvalue weighted by molar-refractivity contribution is 5.72. The lowest BCUT2D eigenvalue weighted by Crippen LogP contribution is -2.23. The van der Waals surface area contributed by atoms with Crippen LogP contribution in [0, 0.1) is 5.92 Å². The molecule has 1 amide bonds. The molecule has 0 heterocycles. The van der Waals surface area contributed by atoms with Crippen LogP contribution in [0.2, 0.25) is 0 Å². The van der Waals surface area contributed by atoms with E-state index < -0.39 is 0 Å². The van der Waals surface area contributed by atoms with Crippen LogP contribution in [0.4, 0.5) is 5.69 Å². The smallest absolute Gasteiger partial charge is 0.219 e. The zero-order valence-corrected chi connectivity index (χ0v) is 12.7. The van der Waals surface area contributed by atoms with Gasteiger partial charge >= 0.3 is 0 Å². The molecule has 1 aliphatic rings. The highest BCUT2D eigenvalue weighted by atomic mass is 16.2. The number of rotatable bonds is 5. The number of nitrogens with one attached hydrogen (secondary N) is 1. The predicted molar refractivity (Wildman–Crippen MR) is 83.7 cm³/mol. The molecule has 110 valence electrons. The van der Waals surface area contributed by atoms with Crippen molar-refractivity contribution < 1.29 is 4.79 Å². The first-order chi connectivity index (χ1) is 9.65. The molecular formula is C17H26N2O. The van der Waals surface area contributed by atoms with E-state index in [0.29, 0.717) is 6.54 Å². The lowest BCUT2D eigenvalue weighted by Gasteiger charge is -2.22. The van der Waals surface area contributed by atoms with Gasteiger partial charge in [-0.15, -0.1) is 0 Å². The van der Waals surface area contributed by atoms with E-state index in [-0.39, 0.29) is 5.91 Å². The summed E-state index contributed by atoms with van der Waals surface area (Å²) in [4.78, 5) is 13.0. The fraction of sp³-hybridized carbons (Fsp3) is 0.588. The summed E-state index contributed by atoms with van der Waals surface area (Å²) < 4.78 is 0. The predicted octanol–water partition coefficient (Wildman–Crippen LogP) is 3.66. The van der Waals surface area contributed by atoms with Crippen LogP contribution < -0.4 is 5.32 Å². The third-order valence-corrected chi connectivity index (χ3v) is 4.20. The van der Waals surface area contributed by atoms with Gasteiger partial charge in [0.25, 0.3) is 0 Å². The second-order valence-electron chi connectivity index (χ2n) is 5.96. The number of nitrogens with zero attached hydrogens (tertiary/aromatic N) is 1. The Balaban J connectivity index is 1.87. The largest absolute Gasteiger partial charge is 0.385 e. The van der Waals surface area contributed by atoms with E-state index in [1.165, 1.54) is 43.4 Å². The highest BCUT2D eigenvalue weighted by Crippen LogP contribution is 2.24. The maximum Gasteiger partial charge on any atom is 0.219 e. The SMILES string of the molecule is CC(=O)N(C)Cc1cccc(NCC2CCCCC2)c1. The minimum absolute atomic E-state index is 0.102. The standard InChI is InChI=1S/C17H26N2O/c1-14(20)19(2)13-16-9-6-10-17(11-16)18-12-15-7-4-3-5-8-15/h6,9-11,15,18H,3-5,7-8,12-13H2,1-2H3. The van der Waals surface area contributed by atoms with Gasteiger partial charge in [-0.1, -0.05) is 31.4 Å². The fourth-order valence-corrected chi connectivity index (χ4v) is 2.82. The third kappa shape index (κ3) is 4.55. The Morgan fingerprint density at radius 3 is 2.75 bits per heavy atom. The number of carbonyl (C=O) groups excluding carboxylic acids is 1. The van der Waals surface area contributed by atoms with Crippen molar-refractivity contribution in [1.29, 1.82) is 0 Å². The Bertz CT molecular complexity index is 438. The molecule has 1 saturated carbocycles. The van der Waals surface area contributed by atoms with Crippen LogP contribution in [0.5, 0.6) is 0 Å². The van der Waals surface area contributed by atoms with Gasteiger partial charge in [-0.25, -0.2) is 0 Å². The van der Waals surface area contributed by atoms with Crippen molar-refractivity contribution in [2.24, 2.45) is 5.92 Å². The Kier molecular flexibility index (Phi) is 5.45. The van der Waals surface area contributed by atoms with Gasteiger partial charge in [-0.2, -0.15) is 0 Å². The first kappa shape index (κ1) is 14.9. The molecule has 1 aromatic carbocycles. The molecule has 3 heteroatoms. The van der Waals surface area contributed by atoms with Crippen molar-refractivity contribution in [2.75, 3.05) is 18.9 Å². The van der Waals surface area contributed by atoms with E-state index in [0.717, 1.165) is 12.5 Å². The summed E-state index contributed by atoms with van der Waals surface area (Å²) in [6, 6.07) is 8.40. The molecule has 1 fully saturated rings. The van der Waals surface area contributed by atoms with Gasteiger partial charge in [-0.05, 0) is 36.5 Å². The van der Waals surface area contributed by atoms with Gasteiger partial charge in [0.05, 0.1) is 0 Å². The molecule has 0 spiro atoms. The average Bonchev–Trinajstić information content (AvgIpc) is 2.46. The average molecular weight is 274 g/mol. The van der Waals surface area contributed by atoms with Gasteiger partial charge in [0.2, 0.25) is 5.91 Å². The first-order valence-corrected chi connectivity index (χ1v) is 7.69. The van der Waals surface area contributed by atoms with E-state index in [1.807, 2.05) is 7.05 Å². The Labute approximate surface area is 122 Å². The van der Waals surface area contributed by atoms with E-state index in [1.54, 1.807) is 11.8 Å². The lowest BCUT2D eigenvalue weighted by molar-refractivity contribution is -0.128. The molecule has 3 nitrogen and oxygen atoms in total. The molecule has 0 aromatic heterocycles. The van der Waals surface area contributed by atoms with Crippen molar-refractivity contribution in [2.45, 2.75) is 45.6 Å². The monoisotopic (exact) mass is 274 g/mol. The quantitative estimate of drug-likeness (QED) is 0.888. The molecule has 1 aromatic rings. The van der Waals surface area contributed by atoms with Gasteiger partial charge < -0.3 is 10.2 Å². The molecule has 2 rings (SSSR count). The van der Waals surface area contributed by atoms with Gasteiger partial charge in [0.1, 0.15) is 0 Å². The van der Waals surface area contributed by atoms with Crippen LogP contribution in [0.25, 0.3) is 0 Å². The summed E-state index contributed by atoms with van der Waals surface area (Å²) in [6.07, 6.45) is 6.90. The van der Waals surface area contributed by atoms with E-state index in [4.69, 9.17) is 0 Å². The zero-order valence-electron chi connectivity index (χ0n) is 12.7. The van der Waals surface area contributed by atoms with Gasteiger partial charge in [0, 0.05) is 32.7 Å². The van der Waals surface area contributed by atoms with Crippen molar-refractivity contribution >= 4 is 11.6 Å². The maximum absolute atomic E-state index is 11.3. The van der Waals surface area contributed by atoms with Crippen LogP contribution in [0.3, 0.4) is 0 Å². The summed E-state index contributed by atoms with van der Waals surface area (Å²) in [7, 11) is 1.84. The first-order valence-electron chi connectivity index (χ1n) is 7.69. The lowest BCUT2D eigenvalue weighted by atomic mass is 9.89. The Hall–Kier alpha value is -1.51. The third-order valence-electron chi connectivity index (χ3n) is 4.20. The fourth-order valence-electron chi connectivity index (χ4n) is 2.82. The normalized spacial score (nSPS) is 15.9. The molecule has 0 radical (unpaired) electrons. The molecular weight excluding hydrogens is 248 g/mol. The van der Waals surface area contributed by atoms with Crippen LogP contribution in [-0.2, 0) is 11.3 Å². The number of hydrogen-bond acceptors (Lipinski definition) is 2. The maximum atomic E-state index is 11.3. The number of amides is 1. The van der Waals surface area contributed by atoms with Crippen LogP contribution in [0.15, 0.2) is 24.3 Å². The number of hydrogen-bond donors (Lipinski definition) is 1. The van der Waals surface area contributed by atoms with Crippen molar-refractivity contribution in [3.8, 4) is 0 Å². The molecule has 0 unspecified atom stereocenters. The highest BCUT2D eigenvalue weighted by Gasteiger charge is 2.12. The summed E-state index contributed by atoms with van der Waals surface area (Å²) in [5, 5.41) is 3.55. The van der Waals surface area contributed by atoms with Crippen molar-refractivity contribution in [3.63, 3.8) is 0 Å². The second-order valence-corrected chi connectivity index (χ2v) is 5.96.